The summed E-state index contributed by atoms with van der Waals surface area (Å²) in [5.41, 5.74) is 0.646. The van der Waals surface area contributed by atoms with Crippen LogP contribution in [0.1, 0.15) is 53.9 Å². The summed E-state index contributed by atoms with van der Waals surface area (Å²) in [5, 5.41) is 0. The van der Waals surface area contributed by atoms with Gasteiger partial charge in [-0.05, 0) is 29.6 Å². The van der Waals surface area contributed by atoms with E-state index in [0.29, 0.717) is 5.41 Å². The lowest BCUT2D eigenvalue weighted by molar-refractivity contribution is 0.217. The van der Waals surface area contributed by atoms with E-state index >= 15 is 0 Å². The third kappa shape index (κ3) is 1.53. The zero-order valence-electron chi connectivity index (χ0n) is 9.35. The van der Waals surface area contributed by atoms with Gasteiger partial charge in [-0.15, -0.1) is 0 Å². The molecule has 0 nitrogen and oxygen atoms in total. The van der Waals surface area contributed by atoms with Gasteiger partial charge in [-0.3, -0.25) is 0 Å². The molecular weight excluding hydrogens is 144 g/mol. The highest BCUT2D eigenvalue weighted by Crippen LogP contribution is 2.58. The average molecular weight is 168 g/mol. The number of hydrogen-bond donors (Lipinski definition) is 0. The number of hydrogen-bond acceptors (Lipinski definition) is 0. The van der Waals surface area contributed by atoms with E-state index in [9.17, 15) is 0 Å². The van der Waals surface area contributed by atoms with E-state index < -0.39 is 0 Å². The largest absolute Gasteiger partial charge is 0.0654 e. The van der Waals surface area contributed by atoms with Crippen LogP contribution in [-0.4, -0.2) is 0 Å². The Bertz CT molecular complexity index is 142. The van der Waals surface area contributed by atoms with Gasteiger partial charge in [0.05, 0.1) is 0 Å². The third-order valence-corrected chi connectivity index (χ3v) is 4.25. The lowest BCUT2D eigenvalue weighted by Crippen LogP contribution is -2.19. The van der Waals surface area contributed by atoms with Crippen molar-refractivity contribution in [2.24, 2.45) is 23.2 Å². The fraction of sp³-hybridized carbons (Fsp3) is 1.00. The minimum absolute atomic E-state index is 0.646. The molecule has 72 valence electrons. The van der Waals surface area contributed by atoms with Gasteiger partial charge in [0.1, 0.15) is 0 Å². The molecule has 0 heterocycles. The Balaban J connectivity index is 2.56. The van der Waals surface area contributed by atoms with Crippen LogP contribution in [0.2, 0.25) is 0 Å². The molecule has 0 saturated heterocycles. The molecule has 0 bridgehead atoms. The minimum atomic E-state index is 0.646. The van der Waals surface area contributed by atoms with E-state index in [2.05, 4.69) is 34.6 Å². The Morgan fingerprint density at radius 3 is 1.83 bits per heavy atom. The molecule has 0 amide bonds. The van der Waals surface area contributed by atoms with Crippen molar-refractivity contribution in [3.63, 3.8) is 0 Å². The molecule has 1 fully saturated rings. The lowest BCUT2D eigenvalue weighted by atomic mass is 9.77. The Morgan fingerprint density at radius 2 is 1.58 bits per heavy atom. The van der Waals surface area contributed by atoms with Gasteiger partial charge >= 0.3 is 0 Å². The van der Waals surface area contributed by atoms with Crippen molar-refractivity contribution in [1.82, 2.24) is 0 Å². The van der Waals surface area contributed by atoms with Crippen LogP contribution in [0.15, 0.2) is 0 Å². The second-order valence-corrected chi connectivity index (χ2v) is 5.00. The predicted octanol–water partition coefficient (Wildman–Crippen LogP) is 4.10. The van der Waals surface area contributed by atoms with E-state index in [0.717, 1.165) is 17.8 Å². The molecule has 1 rings (SSSR count). The van der Waals surface area contributed by atoms with Crippen LogP contribution in [0.4, 0.5) is 0 Å². The zero-order chi connectivity index (χ0) is 9.35. The van der Waals surface area contributed by atoms with E-state index in [-0.39, 0.29) is 0 Å². The topological polar surface area (TPSA) is 0 Å². The molecule has 0 heteroatoms. The van der Waals surface area contributed by atoms with Crippen molar-refractivity contribution in [3.05, 3.63) is 0 Å². The molecule has 0 N–H and O–H groups in total. The first kappa shape index (κ1) is 10.1. The molecule has 1 saturated carbocycles. The molecule has 0 spiro atoms. The summed E-state index contributed by atoms with van der Waals surface area (Å²) in [7, 11) is 0. The van der Waals surface area contributed by atoms with Crippen LogP contribution in [0.3, 0.4) is 0 Å². The Kier molecular flexibility index (Phi) is 2.85. The molecule has 0 aliphatic heterocycles. The average Bonchev–Trinajstić information content (AvgIpc) is 2.61. The monoisotopic (exact) mass is 168 g/mol. The van der Waals surface area contributed by atoms with Gasteiger partial charge in [0.2, 0.25) is 0 Å². The van der Waals surface area contributed by atoms with Gasteiger partial charge in [-0.2, -0.15) is 0 Å². The summed E-state index contributed by atoms with van der Waals surface area (Å²) in [5.74, 6) is 2.99. The molecule has 1 aliphatic carbocycles. The first-order chi connectivity index (χ1) is 5.56. The maximum Gasteiger partial charge on any atom is -0.0295 e. The quantitative estimate of drug-likeness (QED) is 0.592. The van der Waals surface area contributed by atoms with Gasteiger partial charge in [-0.25, -0.2) is 0 Å². The molecule has 12 heavy (non-hydrogen) atoms. The first-order valence-corrected chi connectivity index (χ1v) is 5.56. The maximum absolute atomic E-state index is 2.49. The van der Waals surface area contributed by atoms with Crippen molar-refractivity contribution in [2.75, 3.05) is 0 Å². The van der Waals surface area contributed by atoms with Crippen LogP contribution in [0, 0.1) is 23.2 Å². The van der Waals surface area contributed by atoms with Crippen LogP contribution in [-0.2, 0) is 0 Å². The molecule has 0 aromatic rings. The molecule has 3 unspecified atom stereocenters. The van der Waals surface area contributed by atoms with Crippen LogP contribution < -0.4 is 0 Å². The zero-order valence-corrected chi connectivity index (χ0v) is 9.35. The fourth-order valence-corrected chi connectivity index (χ4v) is 3.08. The van der Waals surface area contributed by atoms with E-state index in [4.69, 9.17) is 0 Å². The van der Waals surface area contributed by atoms with Gasteiger partial charge in [0, 0.05) is 0 Å². The van der Waals surface area contributed by atoms with Crippen LogP contribution in [0.25, 0.3) is 0 Å². The van der Waals surface area contributed by atoms with Crippen molar-refractivity contribution in [2.45, 2.75) is 53.9 Å². The standard InChI is InChI=1S/C12H24/c1-6-8-12(5,7-2)11-9(3)10(11)4/h9-11H,6-8H2,1-5H3. The molecule has 0 radical (unpaired) electrons. The number of rotatable bonds is 4. The fourth-order valence-electron chi connectivity index (χ4n) is 3.08. The third-order valence-electron chi connectivity index (χ3n) is 4.25. The smallest absolute Gasteiger partial charge is 0.0295 e. The second-order valence-electron chi connectivity index (χ2n) is 5.00. The predicted molar refractivity (Wildman–Crippen MR) is 55.1 cm³/mol. The van der Waals surface area contributed by atoms with E-state index in [1.165, 1.54) is 19.3 Å². The SMILES string of the molecule is CCCC(C)(CC)C1C(C)C1C. The maximum atomic E-state index is 2.49. The summed E-state index contributed by atoms with van der Waals surface area (Å²) in [6.07, 6.45) is 4.13. The summed E-state index contributed by atoms with van der Waals surface area (Å²) in [6.45, 7) is 12.0. The molecular formula is C12H24. The highest BCUT2D eigenvalue weighted by Gasteiger charge is 2.52. The molecule has 0 aromatic carbocycles. The molecule has 0 aromatic heterocycles. The minimum Gasteiger partial charge on any atom is -0.0654 e. The van der Waals surface area contributed by atoms with Gasteiger partial charge < -0.3 is 0 Å². The summed E-state index contributed by atoms with van der Waals surface area (Å²) in [4.78, 5) is 0. The first-order valence-electron chi connectivity index (χ1n) is 5.56. The highest BCUT2D eigenvalue weighted by atomic mass is 14.6. The summed E-state index contributed by atoms with van der Waals surface area (Å²) >= 11 is 0. The van der Waals surface area contributed by atoms with Crippen molar-refractivity contribution < 1.29 is 0 Å². The lowest BCUT2D eigenvalue weighted by Gasteiger charge is -2.28. The van der Waals surface area contributed by atoms with E-state index in [1.807, 2.05) is 0 Å². The Labute approximate surface area is 77.7 Å². The van der Waals surface area contributed by atoms with Crippen molar-refractivity contribution in [1.29, 1.82) is 0 Å². The Hall–Kier alpha value is 0. The van der Waals surface area contributed by atoms with E-state index in [1.54, 1.807) is 0 Å². The van der Waals surface area contributed by atoms with Crippen LogP contribution >= 0.6 is 0 Å². The summed E-state index contributed by atoms with van der Waals surface area (Å²) < 4.78 is 0. The highest BCUT2D eigenvalue weighted by molar-refractivity contribution is 5.00. The molecule has 3 atom stereocenters. The van der Waals surface area contributed by atoms with Crippen molar-refractivity contribution >= 4 is 0 Å². The van der Waals surface area contributed by atoms with Gasteiger partial charge in [0.15, 0.2) is 0 Å². The molecule has 1 aliphatic rings. The second kappa shape index (κ2) is 3.40. The van der Waals surface area contributed by atoms with Crippen LogP contribution in [0.5, 0.6) is 0 Å². The summed E-state index contributed by atoms with van der Waals surface area (Å²) in [6, 6.07) is 0. The Morgan fingerprint density at radius 1 is 1.08 bits per heavy atom. The van der Waals surface area contributed by atoms with Gasteiger partial charge in [-0.1, -0.05) is 47.5 Å². The van der Waals surface area contributed by atoms with Gasteiger partial charge in [0.25, 0.3) is 0 Å². The van der Waals surface area contributed by atoms with Crippen molar-refractivity contribution in [3.8, 4) is 0 Å². The normalized spacial score (nSPS) is 39.2.